The van der Waals surface area contributed by atoms with E-state index in [0.29, 0.717) is 12.0 Å². The van der Waals surface area contributed by atoms with Crippen LogP contribution in [-0.2, 0) is 4.79 Å². The molecule has 0 aromatic heterocycles. The van der Waals surface area contributed by atoms with Gasteiger partial charge in [0, 0.05) is 6.04 Å². The Hall–Kier alpha value is -2.25. The van der Waals surface area contributed by atoms with Crippen LogP contribution in [-0.4, -0.2) is 24.5 Å². The van der Waals surface area contributed by atoms with Crippen LogP contribution < -0.4 is 16.0 Å². The molecule has 2 rings (SSSR count). The molecule has 3 N–H and O–H groups in total. The van der Waals surface area contributed by atoms with Gasteiger partial charge in [-0.25, -0.2) is 18.0 Å². The Morgan fingerprint density at radius 3 is 2.57 bits per heavy atom. The molecule has 0 spiro atoms. The summed E-state index contributed by atoms with van der Waals surface area (Å²) in [6, 6.07) is 1.19. The SMILES string of the molecule is CC1CCCC1NC(=O)NCC(=O)Nc1ccc(F)c(F)c1F. The van der Waals surface area contributed by atoms with Gasteiger partial charge >= 0.3 is 6.03 Å². The van der Waals surface area contributed by atoms with Gasteiger partial charge in [0.2, 0.25) is 5.91 Å². The molecule has 0 bridgehead atoms. The first-order valence-corrected chi connectivity index (χ1v) is 7.36. The standard InChI is InChI=1S/C15H18F3N3O2/c1-8-3-2-4-10(8)21-15(23)19-7-12(22)20-11-6-5-9(16)13(17)14(11)18/h5-6,8,10H,2-4,7H2,1H3,(H,20,22)(H2,19,21,23). The highest BCUT2D eigenvalue weighted by molar-refractivity contribution is 5.94. The molecule has 1 aliphatic carbocycles. The maximum absolute atomic E-state index is 13.4. The Bertz CT molecular complexity index is 610. The van der Waals surface area contributed by atoms with Crippen LogP contribution in [0, 0.1) is 23.4 Å². The van der Waals surface area contributed by atoms with E-state index in [1.165, 1.54) is 0 Å². The number of rotatable bonds is 4. The van der Waals surface area contributed by atoms with Crippen molar-refractivity contribution in [1.29, 1.82) is 0 Å². The number of amides is 3. The number of nitrogens with one attached hydrogen (secondary N) is 3. The molecule has 0 saturated heterocycles. The lowest BCUT2D eigenvalue weighted by atomic mass is 10.1. The Balaban J connectivity index is 1.81. The zero-order valence-electron chi connectivity index (χ0n) is 12.6. The second-order valence-corrected chi connectivity index (χ2v) is 5.61. The maximum Gasteiger partial charge on any atom is 0.315 e. The lowest BCUT2D eigenvalue weighted by Gasteiger charge is -2.17. The van der Waals surface area contributed by atoms with E-state index in [-0.39, 0.29) is 6.04 Å². The van der Waals surface area contributed by atoms with Crippen LogP contribution in [0.1, 0.15) is 26.2 Å². The fourth-order valence-corrected chi connectivity index (χ4v) is 2.56. The molecule has 23 heavy (non-hydrogen) atoms. The number of carbonyl (C=O) groups is 2. The summed E-state index contributed by atoms with van der Waals surface area (Å²) < 4.78 is 39.2. The monoisotopic (exact) mass is 329 g/mol. The summed E-state index contributed by atoms with van der Waals surface area (Å²) >= 11 is 0. The lowest BCUT2D eigenvalue weighted by Crippen LogP contribution is -2.45. The molecule has 1 aromatic carbocycles. The van der Waals surface area contributed by atoms with Crippen molar-refractivity contribution in [2.45, 2.75) is 32.2 Å². The van der Waals surface area contributed by atoms with Crippen LogP contribution in [0.5, 0.6) is 0 Å². The van der Waals surface area contributed by atoms with Gasteiger partial charge in [0.25, 0.3) is 0 Å². The number of benzene rings is 1. The molecule has 1 aromatic rings. The van der Waals surface area contributed by atoms with Crippen LogP contribution >= 0.6 is 0 Å². The van der Waals surface area contributed by atoms with Crippen molar-refractivity contribution in [3.63, 3.8) is 0 Å². The van der Waals surface area contributed by atoms with Crippen molar-refractivity contribution in [2.24, 2.45) is 5.92 Å². The van der Waals surface area contributed by atoms with Crippen LogP contribution in [0.3, 0.4) is 0 Å². The first-order chi connectivity index (χ1) is 10.9. The van der Waals surface area contributed by atoms with E-state index in [1.54, 1.807) is 0 Å². The van der Waals surface area contributed by atoms with Gasteiger partial charge in [-0.2, -0.15) is 0 Å². The molecule has 1 fully saturated rings. The van der Waals surface area contributed by atoms with Gasteiger partial charge in [-0.3, -0.25) is 4.79 Å². The van der Waals surface area contributed by atoms with Crippen molar-refractivity contribution in [1.82, 2.24) is 10.6 Å². The second-order valence-electron chi connectivity index (χ2n) is 5.61. The molecule has 2 atom stereocenters. The van der Waals surface area contributed by atoms with E-state index >= 15 is 0 Å². The number of anilines is 1. The van der Waals surface area contributed by atoms with Crippen molar-refractivity contribution < 1.29 is 22.8 Å². The molecular formula is C15H18F3N3O2. The van der Waals surface area contributed by atoms with E-state index in [2.05, 4.69) is 16.0 Å². The number of hydrogen-bond donors (Lipinski definition) is 3. The predicted octanol–water partition coefficient (Wildman–Crippen LogP) is 2.53. The van der Waals surface area contributed by atoms with E-state index in [0.717, 1.165) is 25.3 Å². The first kappa shape index (κ1) is 17.1. The molecule has 0 radical (unpaired) electrons. The molecule has 8 heteroatoms. The molecule has 126 valence electrons. The quantitative estimate of drug-likeness (QED) is 0.743. The van der Waals surface area contributed by atoms with Crippen LogP contribution in [0.4, 0.5) is 23.7 Å². The highest BCUT2D eigenvalue weighted by atomic mass is 19.2. The van der Waals surface area contributed by atoms with Gasteiger partial charge in [-0.1, -0.05) is 13.3 Å². The number of halogens is 3. The summed E-state index contributed by atoms with van der Waals surface area (Å²) in [5, 5.41) is 7.18. The first-order valence-electron chi connectivity index (χ1n) is 7.36. The molecule has 2 unspecified atom stereocenters. The van der Waals surface area contributed by atoms with Gasteiger partial charge in [0.15, 0.2) is 17.5 Å². The fraction of sp³-hybridized carbons (Fsp3) is 0.467. The molecule has 3 amide bonds. The van der Waals surface area contributed by atoms with E-state index in [1.807, 2.05) is 6.92 Å². The summed E-state index contributed by atoms with van der Waals surface area (Å²) in [4.78, 5) is 23.3. The molecule has 0 aliphatic heterocycles. The van der Waals surface area contributed by atoms with Crippen LogP contribution in [0.2, 0.25) is 0 Å². The minimum atomic E-state index is -1.66. The number of urea groups is 1. The molecule has 1 aliphatic rings. The summed E-state index contributed by atoms with van der Waals surface area (Å²) in [5.41, 5.74) is -0.486. The van der Waals surface area contributed by atoms with Crippen molar-refractivity contribution in [3.8, 4) is 0 Å². The third kappa shape index (κ3) is 4.37. The van der Waals surface area contributed by atoms with Gasteiger partial charge in [-0.15, -0.1) is 0 Å². The van der Waals surface area contributed by atoms with Crippen LogP contribution in [0.15, 0.2) is 12.1 Å². The molecular weight excluding hydrogens is 311 g/mol. The Morgan fingerprint density at radius 2 is 1.91 bits per heavy atom. The summed E-state index contributed by atoms with van der Waals surface area (Å²) in [6.07, 6.45) is 2.98. The molecule has 0 heterocycles. The minimum Gasteiger partial charge on any atom is -0.335 e. The van der Waals surface area contributed by atoms with Gasteiger partial charge in [0.1, 0.15) is 0 Å². The predicted molar refractivity (Wildman–Crippen MR) is 78.3 cm³/mol. The van der Waals surface area contributed by atoms with Crippen molar-refractivity contribution in [2.75, 3.05) is 11.9 Å². The second kappa shape index (κ2) is 7.34. The van der Waals surface area contributed by atoms with E-state index in [9.17, 15) is 22.8 Å². The van der Waals surface area contributed by atoms with Crippen molar-refractivity contribution in [3.05, 3.63) is 29.6 Å². The lowest BCUT2D eigenvalue weighted by molar-refractivity contribution is -0.115. The third-order valence-electron chi connectivity index (χ3n) is 3.90. The summed E-state index contributed by atoms with van der Waals surface area (Å²) in [5.74, 6) is -4.86. The van der Waals surface area contributed by atoms with E-state index < -0.39 is 41.6 Å². The highest BCUT2D eigenvalue weighted by Crippen LogP contribution is 2.24. The normalized spacial score (nSPS) is 20.2. The van der Waals surface area contributed by atoms with Gasteiger partial charge < -0.3 is 16.0 Å². The zero-order chi connectivity index (χ0) is 17.0. The average molecular weight is 329 g/mol. The number of hydrogen-bond acceptors (Lipinski definition) is 2. The Labute approximate surface area is 131 Å². The fourth-order valence-electron chi connectivity index (χ4n) is 2.56. The molecule has 1 saturated carbocycles. The Kier molecular flexibility index (Phi) is 5.46. The zero-order valence-corrected chi connectivity index (χ0v) is 12.6. The Morgan fingerprint density at radius 1 is 1.17 bits per heavy atom. The van der Waals surface area contributed by atoms with E-state index in [4.69, 9.17) is 0 Å². The summed E-state index contributed by atoms with van der Waals surface area (Å²) in [6.45, 7) is 1.63. The highest BCUT2D eigenvalue weighted by Gasteiger charge is 2.24. The van der Waals surface area contributed by atoms with Crippen LogP contribution in [0.25, 0.3) is 0 Å². The average Bonchev–Trinajstić information content (AvgIpc) is 2.91. The number of carbonyl (C=O) groups excluding carboxylic acids is 2. The van der Waals surface area contributed by atoms with Gasteiger partial charge in [0.05, 0.1) is 12.2 Å². The summed E-state index contributed by atoms with van der Waals surface area (Å²) in [7, 11) is 0. The maximum atomic E-state index is 13.4. The largest absolute Gasteiger partial charge is 0.335 e. The molecule has 5 nitrogen and oxygen atoms in total. The van der Waals surface area contributed by atoms with Crippen molar-refractivity contribution >= 4 is 17.6 Å². The topological polar surface area (TPSA) is 70.2 Å². The minimum absolute atomic E-state index is 0.0710. The smallest absolute Gasteiger partial charge is 0.315 e. The van der Waals surface area contributed by atoms with Gasteiger partial charge in [-0.05, 0) is 30.9 Å². The third-order valence-corrected chi connectivity index (χ3v) is 3.90.